The van der Waals surface area contributed by atoms with E-state index >= 15 is 0 Å². The highest BCUT2D eigenvalue weighted by molar-refractivity contribution is 4.88. The SMILES string of the molecule is CCNCC1(OCC(F)F)CCCC1. The van der Waals surface area contributed by atoms with Gasteiger partial charge in [0.05, 0.1) is 5.60 Å². The van der Waals surface area contributed by atoms with Gasteiger partial charge < -0.3 is 10.1 Å². The van der Waals surface area contributed by atoms with Crippen LogP contribution in [0, 0.1) is 0 Å². The third-order valence-electron chi connectivity index (χ3n) is 2.73. The van der Waals surface area contributed by atoms with Crippen LogP contribution < -0.4 is 5.32 Å². The Bertz CT molecular complexity index is 158. The van der Waals surface area contributed by atoms with Crippen LogP contribution in [-0.4, -0.2) is 31.7 Å². The van der Waals surface area contributed by atoms with Crippen LogP contribution in [0.4, 0.5) is 8.78 Å². The summed E-state index contributed by atoms with van der Waals surface area (Å²) in [6, 6.07) is 0. The number of ether oxygens (including phenoxy) is 1. The van der Waals surface area contributed by atoms with Crippen molar-refractivity contribution in [2.24, 2.45) is 0 Å². The van der Waals surface area contributed by atoms with Crippen molar-refractivity contribution in [1.82, 2.24) is 5.32 Å². The molecule has 1 N–H and O–H groups in total. The molecule has 84 valence electrons. The van der Waals surface area contributed by atoms with Crippen molar-refractivity contribution in [1.29, 1.82) is 0 Å². The lowest BCUT2D eigenvalue weighted by Crippen LogP contribution is -2.41. The van der Waals surface area contributed by atoms with Gasteiger partial charge in [-0.15, -0.1) is 0 Å². The Kier molecular flexibility index (Phi) is 4.75. The first-order chi connectivity index (χ1) is 6.68. The Morgan fingerprint density at radius 1 is 1.36 bits per heavy atom. The molecule has 0 aromatic carbocycles. The predicted octanol–water partition coefficient (Wildman–Crippen LogP) is 2.19. The molecule has 1 saturated carbocycles. The number of likely N-dealkylation sites (N-methyl/N-ethyl adjacent to an activating group) is 1. The van der Waals surface area contributed by atoms with Crippen LogP contribution >= 0.6 is 0 Å². The fourth-order valence-corrected chi connectivity index (χ4v) is 1.98. The molecule has 0 atom stereocenters. The topological polar surface area (TPSA) is 21.3 Å². The van der Waals surface area contributed by atoms with Crippen LogP contribution in [0.1, 0.15) is 32.6 Å². The minimum atomic E-state index is -2.35. The maximum atomic E-state index is 12.0. The largest absolute Gasteiger partial charge is 0.368 e. The van der Waals surface area contributed by atoms with E-state index in [1.807, 2.05) is 6.92 Å². The fourth-order valence-electron chi connectivity index (χ4n) is 1.98. The molecule has 0 bridgehead atoms. The van der Waals surface area contributed by atoms with E-state index in [2.05, 4.69) is 5.32 Å². The molecule has 0 heterocycles. The van der Waals surface area contributed by atoms with Crippen molar-refractivity contribution in [2.75, 3.05) is 19.7 Å². The van der Waals surface area contributed by atoms with E-state index in [1.54, 1.807) is 0 Å². The smallest absolute Gasteiger partial charge is 0.261 e. The zero-order valence-corrected chi connectivity index (χ0v) is 8.69. The molecule has 2 nitrogen and oxygen atoms in total. The van der Waals surface area contributed by atoms with Crippen LogP contribution in [-0.2, 0) is 4.74 Å². The standard InChI is InChI=1S/C10H19F2NO/c1-2-13-8-10(5-3-4-6-10)14-7-9(11)12/h9,13H,2-8H2,1H3. The van der Waals surface area contributed by atoms with Crippen molar-refractivity contribution in [3.8, 4) is 0 Å². The van der Waals surface area contributed by atoms with E-state index in [1.165, 1.54) is 0 Å². The molecule has 0 radical (unpaired) electrons. The zero-order valence-electron chi connectivity index (χ0n) is 8.69. The van der Waals surface area contributed by atoms with Gasteiger partial charge in [-0.1, -0.05) is 19.8 Å². The Balaban J connectivity index is 2.36. The molecule has 1 fully saturated rings. The molecule has 4 heteroatoms. The summed E-state index contributed by atoms with van der Waals surface area (Å²) in [7, 11) is 0. The van der Waals surface area contributed by atoms with Gasteiger partial charge in [0.25, 0.3) is 6.43 Å². The molecule has 1 aliphatic rings. The second-order valence-electron chi connectivity index (χ2n) is 3.87. The van der Waals surface area contributed by atoms with Gasteiger partial charge in [-0.25, -0.2) is 8.78 Å². The summed E-state index contributed by atoms with van der Waals surface area (Å²) < 4.78 is 29.4. The molecule has 1 rings (SSSR count). The molecule has 0 aromatic heterocycles. The molecule has 0 amide bonds. The number of rotatable bonds is 6. The van der Waals surface area contributed by atoms with Gasteiger partial charge in [0, 0.05) is 6.54 Å². The Morgan fingerprint density at radius 2 is 2.00 bits per heavy atom. The van der Waals surface area contributed by atoms with Crippen LogP contribution in [0.2, 0.25) is 0 Å². The lowest BCUT2D eigenvalue weighted by Gasteiger charge is -2.29. The van der Waals surface area contributed by atoms with E-state index in [0.29, 0.717) is 6.54 Å². The Labute approximate surface area is 84.0 Å². The van der Waals surface area contributed by atoms with Crippen molar-refractivity contribution >= 4 is 0 Å². The Morgan fingerprint density at radius 3 is 2.50 bits per heavy atom. The monoisotopic (exact) mass is 207 g/mol. The highest BCUT2D eigenvalue weighted by Gasteiger charge is 2.34. The highest BCUT2D eigenvalue weighted by atomic mass is 19.3. The molecule has 14 heavy (non-hydrogen) atoms. The second kappa shape index (κ2) is 5.61. The van der Waals surface area contributed by atoms with E-state index < -0.39 is 13.0 Å². The third-order valence-corrected chi connectivity index (χ3v) is 2.73. The number of hydrogen-bond donors (Lipinski definition) is 1. The zero-order chi connectivity index (χ0) is 10.4. The minimum absolute atomic E-state index is 0.313. The first kappa shape index (κ1) is 11.9. The highest BCUT2D eigenvalue weighted by Crippen LogP contribution is 2.32. The number of halogens is 2. The van der Waals surface area contributed by atoms with Gasteiger partial charge in [-0.3, -0.25) is 0 Å². The lowest BCUT2D eigenvalue weighted by atomic mass is 10.0. The van der Waals surface area contributed by atoms with Gasteiger partial charge in [0.15, 0.2) is 0 Å². The van der Waals surface area contributed by atoms with Crippen LogP contribution in [0.15, 0.2) is 0 Å². The molecular formula is C10H19F2NO. The van der Waals surface area contributed by atoms with E-state index in [-0.39, 0.29) is 5.60 Å². The van der Waals surface area contributed by atoms with Gasteiger partial charge in [0.1, 0.15) is 6.61 Å². The van der Waals surface area contributed by atoms with Gasteiger partial charge in [-0.2, -0.15) is 0 Å². The van der Waals surface area contributed by atoms with Gasteiger partial charge in [0.2, 0.25) is 0 Å². The fraction of sp³-hybridized carbons (Fsp3) is 1.00. The maximum Gasteiger partial charge on any atom is 0.261 e. The lowest BCUT2D eigenvalue weighted by molar-refractivity contribution is -0.0842. The molecule has 0 saturated heterocycles. The molecule has 0 unspecified atom stereocenters. The van der Waals surface area contributed by atoms with E-state index in [0.717, 1.165) is 32.2 Å². The summed E-state index contributed by atoms with van der Waals surface area (Å²) in [6.45, 7) is 3.15. The Hall–Kier alpha value is -0.220. The average molecular weight is 207 g/mol. The maximum absolute atomic E-state index is 12.0. The first-order valence-corrected chi connectivity index (χ1v) is 5.31. The molecular weight excluding hydrogens is 188 g/mol. The van der Waals surface area contributed by atoms with Crippen molar-refractivity contribution < 1.29 is 13.5 Å². The average Bonchev–Trinajstić information content (AvgIpc) is 2.61. The minimum Gasteiger partial charge on any atom is -0.368 e. The first-order valence-electron chi connectivity index (χ1n) is 5.31. The summed E-state index contributed by atoms with van der Waals surface area (Å²) in [5.41, 5.74) is -0.313. The number of hydrogen-bond acceptors (Lipinski definition) is 2. The number of alkyl halides is 2. The van der Waals surface area contributed by atoms with Crippen molar-refractivity contribution in [3.63, 3.8) is 0 Å². The van der Waals surface area contributed by atoms with E-state index in [9.17, 15) is 8.78 Å². The van der Waals surface area contributed by atoms with Gasteiger partial charge >= 0.3 is 0 Å². The van der Waals surface area contributed by atoms with Crippen LogP contribution in [0.25, 0.3) is 0 Å². The summed E-state index contributed by atoms with van der Waals surface area (Å²) in [5.74, 6) is 0. The predicted molar refractivity (Wildman–Crippen MR) is 51.7 cm³/mol. The summed E-state index contributed by atoms with van der Waals surface area (Å²) in [6.07, 6.45) is 1.65. The van der Waals surface area contributed by atoms with E-state index in [4.69, 9.17) is 4.74 Å². The molecule has 0 aliphatic heterocycles. The summed E-state index contributed by atoms with van der Waals surface area (Å²) in [5, 5.41) is 3.18. The third kappa shape index (κ3) is 3.50. The molecule has 0 aromatic rings. The van der Waals surface area contributed by atoms with Crippen molar-refractivity contribution in [2.45, 2.75) is 44.6 Å². The van der Waals surface area contributed by atoms with Crippen LogP contribution in [0.3, 0.4) is 0 Å². The quantitative estimate of drug-likeness (QED) is 0.721. The summed E-state index contributed by atoms with van der Waals surface area (Å²) in [4.78, 5) is 0. The van der Waals surface area contributed by atoms with Gasteiger partial charge in [-0.05, 0) is 19.4 Å². The van der Waals surface area contributed by atoms with Crippen molar-refractivity contribution in [3.05, 3.63) is 0 Å². The second-order valence-corrected chi connectivity index (χ2v) is 3.87. The number of nitrogens with one attached hydrogen (secondary N) is 1. The summed E-state index contributed by atoms with van der Waals surface area (Å²) >= 11 is 0. The molecule has 1 aliphatic carbocycles. The molecule has 0 spiro atoms. The van der Waals surface area contributed by atoms with Crippen LogP contribution in [0.5, 0.6) is 0 Å². The normalized spacial score (nSPS) is 20.6.